The van der Waals surface area contributed by atoms with Gasteiger partial charge in [0, 0.05) is 12.0 Å². The fourth-order valence-corrected chi connectivity index (χ4v) is 1.05. The third-order valence-corrected chi connectivity index (χ3v) is 1.63. The quantitative estimate of drug-likeness (QED) is 0.442. The highest BCUT2D eigenvalue weighted by atomic mass is 16.5. The molecule has 0 spiro atoms. The van der Waals surface area contributed by atoms with Crippen molar-refractivity contribution >= 4 is 6.29 Å². The van der Waals surface area contributed by atoms with Gasteiger partial charge in [-0.2, -0.15) is 0 Å². The maximum atomic E-state index is 10.4. The summed E-state index contributed by atoms with van der Waals surface area (Å²) < 4.78 is 5.12. The molecule has 0 aromatic heterocycles. The molecule has 1 fully saturated rings. The fourth-order valence-electron chi connectivity index (χ4n) is 1.05. The highest BCUT2D eigenvalue weighted by Crippen LogP contribution is 2.16. The largest absolute Gasteiger partial charge is 0.365 e. The van der Waals surface area contributed by atoms with Crippen molar-refractivity contribution in [2.24, 2.45) is 0 Å². The molecule has 0 saturated carbocycles. The van der Waals surface area contributed by atoms with Crippen molar-refractivity contribution in [3.63, 3.8) is 0 Å². The van der Waals surface area contributed by atoms with Crippen LogP contribution in [0.15, 0.2) is 17.4 Å². The van der Waals surface area contributed by atoms with Crippen LogP contribution < -0.4 is 0 Å². The number of aldehydes is 1. The SMILES string of the molecule is CCC=C=C1CCOC1C=O. The van der Waals surface area contributed by atoms with E-state index in [4.69, 9.17) is 4.74 Å². The van der Waals surface area contributed by atoms with Crippen molar-refractivity contribution in [1.82, 2.24) is 0 Å². The minimum Gasteiger partial charge on any atom is -0.365 e. The fraction of sp³-hybridized carbons (Fsp3) is 0.556. The molecule has 0 radical (unpaired) electrons. The van der Waals surface area contributed by atoms with Crippen LogP contribution in [-0.4, -0.2) is 19.0 Å². The number of ether oxygens (including phenoxy) is 1. The van der Waals surface area contributed by atoms with E-state index < -0.39 is 0 Å². The summed E-state index contributed by atoms with van der Waals surface area (Å²) in [6, 6.07) is 0. The normalized spacial score (nSPS) is 23.0. The van der Waals surface area contributed by atoms with Gasteiger partial charge in [-0.15, -0.1) is 5.73 Å². The smallest absolute Gasteiger partial charge is 0.153 e. The summed E-state index contributed by atoms with van der Waals surface area (Å²) in [4.78, 5) is 10.4. The highest BCUT2D eigenvalue weighted by molar-refractivity contribution is 5.62. The van der Waals surface area contributed by atoms with Crippen molar-refractivity contribution in [1.29, 1.82) is 0 Å². The van der Waals surface area contributed by atoms with E-state index in [0.717, 1.165) is 24.7 Å². The molecule has 0 N–H and O–H groups in total. The Hall–Kier alpha value is -0.850. The van der Waals surface area contributed by atoms with Gasteiger partial charge in [0.2, 0.25) is 0 Å². The molecule has 1 aliphatic heterocycles. The molecule has 1 atom stereocenters. The van der Waals surface area contributed by atoms with Gasteiger partial charge in [0.1, 0.15) is 6.10 Å². The molecule has 1 unspecified atom stereocenters. The Morgan fingerprint density at radius 2 is 2.64 bits per heavy atom. The predicted molar refractivity (Wildman–Crippen MR) is 42.3 cm³/mol. The zero-order chi connectivity index (χ0) is 8.10. The van der Waals surface area contributed by atoms with Gasteiger partial charge in [0.15, 0.2) is 6.29 Å². The predicted octanol–water partition coefficient (Wildman–Crippen LogP) is 1.47. The molecule has 2 nitrogen and oxygen atoms in total. The van der Waals surface area contributed by atoms with Gasteiger partial charge in [0.25, 0.3) is 0 Å². The molecule has 1 rings (SSSR count). The molecule has 1 aliphatic rings. The van der Waals surface area contributed by atoms with Crippen molar-refractivity contribution < 1.29 is 9.53 Å². The van der Waals surface area contributed by atoms with Gasteiger partial charge >= 0.3 is 0 Å². The Labute approximate surface area is 66.5 Å². The van der Waals surface area contributed by atoms with E-state index in [1.165, 1.54) is 0 Å². The Kier molecular flexibility index (Phi) is 3.09. The number of hydrogen-bond acceptors (Lipinski definition) is 2. The standard InChI is InChI=1S/C9H12O2/c1-2-3-4-8-5-6-11-9(8)7-10/h3,7,9H,2,5-6H2,1H3. The zero-order valence-electron chi connectivity index (χ0n) is 6.67. The molecular weight excluding hydrogens is 140 g/mol. The van der Waals surface area contributed by atoms with Gasteiger partial charge in [-0.05, 0) is 12.5 Å². The Morgan fingerprint density at radius 3 is 3.27 bits per heavy atom. The van der Waals surface area contributed by atoms with Crippen molar-refractivity contribution in [2.45, 2.75) is 25.9 Å². The molecule has 0 aliphatic carbocycles. The van der Waals surface area contributed by atoms with Crippen LogP contribution in [0.25, 0.3) is 0 Å². The first-order valence-electron chi connectivity index (χ1n) is 3.89. The summed E-state index contributed by atoms with van der Waals surface area (Å²) in [5, 5.41) is 0. The molecule has 1 saturated heterocycles. The summed E-state index contributed by atoms with van der Waals surface area (Å²) in [7, 11) is 0. The van der Waals surface area contributed by atoms with Gasteiger partial charge in [-0.1, -0.05) is 6.92 Å². The van der Waals surface area contributed by atoms with E-state index in [2.05, 4.69) is 5.73 Å². The Balaban J connectivity index is 2.70. The maximum Gasteiger partial charge on any atom is 0.153 e. The van der Waals surface area contributed by atoms with Gasteiger partial charge in [-0.25, -0.2) is 0 Å². The first kappa shape index (κ1) is 8.25. The Bertz CT molecular complexity index is 200. The molecule has 0 amide bonds. The number of carbonyl (C=O) groups is 1. The topological polar surface area (TPSA) is 26.3 Å². The summed E-state index contributed by atoms with van der Waals surface area (Å²) in [5.74, 6) is 0. The zero-order valence-corrected chi connectivity index (χ0v) is 6.67. The molecule has 0 bridgehead atoms. The molecule has 0 aromatic rings. The summed E-state index contributed by atoms with van der Waals surface area (Å²) in [5.41, 5.74) is 4.06. The second-order valence-electron chi connectivity index (χ2n) is 2.46. The minimum absolute atomic E-state index is 0.321. The Morgan fingerprint density at radius 1 is 1.82 bits per heavy atom. The van der Waals surface area contributed by atoms with Gasteiger partial charge in [-0.3, -0.25) is 0 Å². The van der Waals surface area contributed by atoms with Crippen LogP contribution in [0.3, 0.4) is 0 Å². The first-order valence-corrected chi connectivity index (χ1v) is 3.89. The van der Waals surface area contributed by atoms with Crippen LogP contribution in [0.5, 0.6) is 0 Å². The number of carbonyl (C=O) groups excluding carboxylic acids is 1. The summed E-state index contributed by atoms with van der Waals surface area (Å²) in [6.45, 7) is 2.70. The molecule has 0 aromatic carbocycles. The number of hydrogen-bond donors (Lipinski definition) is 0. The van der Waals surface area contributed by atoms with Crippen molar-refractivity contribution in [3.8, 4) is 0 Å². The molecule has 11 heavy (non-hydrogen) atoms. The number of rotatable bonds is 2. The lowest BCUT2D eigenvalue weighted by atomic mass is 10.1. The maximum absolute atomic E-state index is 10.4. The van der Waals surface area contributed by atoms with E-state index >= 15 is 0 Å². The third-order valence-electron chi connectivity index (χ3n) is 1.63. The molecular formula is C9H12O2. The molecule has 1 heterocycles. The van der Waals surface area contributed by atoms with Crippen LogP contribution in [-0.2, 0) is 9.53 Å². The average molecular weight is 152 g/mol. The second kappa shape index (κ2) is 4.12. The lowest BCUT2D eigenvalue weighted by Crippen LogP contribution is -2.07. The van der Waals surface area contributed by atoms with E-state index in [1.54, 1.807) is 0 Å². The van der Waals surface area contributed by atoms with Crippen LogP contribution in [0, 0.1) is 0 Å². The van der Waals surface area contributed by atoms with E-state index in [1.807, 2.05) is 13.0 Å². The molecule has 60 valence electrons. The van der Waals surface area contributed by atoms with Crippen molar-refractivity contribution in [2.75, 3.05) is 6.61 Å². The lowest BCUT2D eigenvalue weighted by molar-refractivity contribution is -0.114. The summed E-state index contributed by atoms with van der Waals surface area (Å²) in [6.07, 6.45) is 4.24. The van der Waals surface area contributed by atoms with Gasteiger partial charge in [0.05, 0.1) is 6.61 Å². The van der Waals surface area contributed by atoms with Crippen molar-refractivity contribution in [3.05, 3.63) is 17.4 Å². The monoisotopic (exact) mass is 152 g/mol. The van der Waals surface area contributed by atoms with Crippen LogP contribution in [0.1, 0.15) is 19.8 Å². The van der Waals surface area contributed by atoms with E-state index in [-0.39, 0.29) is 6.10 Å². The van der Waals surface area contributed by atoms with Gasteiger partial charge < -0.3 is 9.53 Å². The van der Waals surface area contributed by atoms with Crippen LogP contribution in [0.2, 0.25) is 0 Å². The van der Waals surface area contributed by atoms with Crippen LogP contribution >= 0.6 is 0 Å². The minimum atomic E-state index is -0.321. The highest BCUT2D eigenvalue weighted by Gasteiger charge is 2.19. The molecule has 2 heteroatoms. The van der Waals surface area contributed by atoms with E-state index in [0.29, 0.717) is 6.61 Å². The average Bonchev–Trinajstić information content (AvgIpc) is 2.47. The van der Waals surface area contributed by atoms with E-state index in [9.17, 15) is 4.79 Å². The second-order valence-corrected chi connectivity index (χ2v) is 2.46. The van der Waals surface area contributed by atoms with Crippen LogP contribution in [0.4, 0.5) is 0 Å². The lowest BCUT2D eigenvalue weighted by Gasteiger charge is -1.97. The third kappa shape index (κ3) is 2.04. The first-order chi connectivity index (χ1) is 5.38. The summed E-state index contributed by atoms with van der Waals surface area (Å²) >= 11 is 0.